The van der Waals surface area contributed by atoms with Crippen LogP contribution in [0.2, 0.25) is 0 Å². The first-order chi connectivity index (χ1) is 30.1. The maximum Gasteiger partial charge on any atom is 0.246 e. The van der Waals surface area contributed by atoms with Crippen LogP contribution in [0.15, 0.2) is 72.5 Å². The van der Waals surface area contributed by atoms with E-state index < -0.39 is 23.6 Å². The van der Waals surface area contributed by atoms with Crippen LogP contribution in [0, 0.1) is 18.3 Å². The topological polar surface area (TPSA) is 205 Å². The number of aliphatic hydroxyl groups excluding tert-OH is 1. The van der Waals surface area contributed by atoms with E-state index >= 15 is 0 Å². The van der Waals surface area contributed by atoms with E-state index in [1.165, 1.54) is 4.90 Å². The van der Waals surface area contributed by atoms with Crippen molar-refractivity contribution < 1.29 is 24.6 Å². The van der Waals surface area contributed by atoms with Crippen LogP contribution in [0.25, 0.3) is 32.8 Å². The highest BCUT2D eigenvalue weighted by atomic mass is 32.1. The standard InChI is InChI=1S/C47H60N10O5S/c1-29(32-12-14-33(15-13-32)42-30(2)49-28-63-42)51-45(61)39-23-35(58)27-57(39)46(62)43(47(3,4)5)52-41(60)18-22-55-20-16-31(17-21-55)9-8-19-56-26-34(25-50-56)37-24-38(53-54-44(37)48)36-10-6-7-11-40(36)59/h6-7,10-15,24-26,28-29,31,35,39,43,58-59H,8-9,16-23,27H2,1-5H3,(H2,48,54)(H,51,61)(H,52,60). The SMILES string of the molecule is Cc1ncsc1-c1ccc(C(C)NC(=O)C2CC(O)CN2C(=O)C(NC(=O)CCN2CCC(CCCn3cc(-c4cc(-c5ccccc5O)nnc4N)cn3)CC2)C(C)(C)C)cc1. The number of likely N-dealkylation sites (tertiary alicyclic amines) is 2. The smallest absolute Gasteiger partial charge is 0.246 e. The highest BCUT2D eigenvalue weighted by Gasteiger charge is 2.44. The van der Waals surface area contributed by atoms with Gasteiger partial charge in [-0.3, -0.25) is 19.1 Å². The number of aromatic nitrogens is 5. The molecule has 15 nitrogen and oxygen atoms in total. The number of aryl methyl sites for hydroxylation is 2. The predicted octanol–water partition coefficient (Wildman–Crippen LogP) is 5.98. The number of nitrogens with two attached hydrogens (primary N) is 1. The second kappa shape index (κ2) is 19.8. The molecular formula is C47H60N10O5S. The van der Waals surface area contributed by atoms with Crippen LogP contribution in [0.5, 0.6) is 5.75 Å². The van der Waals surface area contributed by atoms with Crippen molar-refractivity contribution in [1.82, 2.24) is 45.4 Å². The molecule has 4 unspecified atom stereocenters. The van der Waals surface area contributed by atoms with Gasteiger partial charge in [0.15, 0.2) is 5.82 Å². The molecule has 2 aliphatic heterocycles. The number of thiazole rings is 1. The number of nitrogen functional groups attached to an aromatic ring is 1. The third-order valence-electron chi connectivity index (χ3n) is 12.4. The van der Waals surface area contributed by atoms with E-state index in [-0.39, 0.29) is 48.9 Å². The molecule has 2 aromatic carbocycles. The van der Waals surface area contributed by atoms with Crippen molar-refractivity contribution in [2.45, 2.75) is 104 Å². The summed E-state index contributed by atoms with van der Waals surface area (Å²) in [7, 11) is 0. The molecule has 2 saturated heterocycles. The lowest BCUT2D eigenvalue weighted by Crippen LogP contribution is -2.58. The highest BCUT2D eigenvalue weighted by Crippen LogP contribution is 2.33. The fraction of sp³-hybridized carbons (Fsp3) is 0.468. The zero-order chi connectivity index (χ0) is 44.8. The first kappa shape index (κ1) is 45.3. The van der Waals surface area contributed by atoms with Gasteiger partial charge in [0.25, 0.3) is 0 Å². The van der Waals surface area contributed by atoms with E-state index in [2.05, 4.69) is 35.8 Å². The number of aromatic hydroxyl groups is 1. The largest absolute Gasteiger partial charge is 0.507 e. The quantitative estimate of drug-likeness (QED) is 0.0828. The number of carbonyl (C=O) groups is 3. The Bertz CT molecular complexity index is 2370. The average Bonchev–Trinajstić information content (AvgIpc) is 4.02. The van der Waals surface area contributed by atoms with Gasteiger partial charge in [-0.2, -0.15) is 5.10 Å². The molecule has 4 atom stereocenters. The van der Waals surface area contributed by atoms with Crippen LogP contribution in [0.1, 0.15) is 83.5 Å². The number of β-amino-alcohol motifs (C(OH)–C–C–N with tert-alkyl or cyclic N) is 1. The van der Waals surface area contributed by atoms with Crippen LogP contribution in [-0.4, -0.2) is 107 Å². The molecule has 0 spiro atoms. The molecule has 16 heteroatoms. The van der Waals surface area contributed by atoms with E-state index in [0.29, 0.717) is 35.1 Å². The molecule has 2 fully saturated rings. The fourth-order valence-electron chi connectivity index (χ4n) is 8.63. The van der Waals surface area contributed by atoms with Gasteiger partial charge in [-0.05, 0) is 93.3 Å². The van der Waals surface area contributed by atoms with Gasteiger partial charge in [0.2, 0.25) is 17.7 Å². The number of phenolic OH excluding ortho intramolecular Hbond substituents is 1. The Hall–Kier alpha value is -5.71. The van der Waals surface area contributed by atoms with Crippen molar-refractivity contribution in [1.29, 1.82) is 0 Å². The lowest BCUT2D eigenvalue weighted by atomic mass is 9.85. The number of para-hydroxylation sites is 1. The number of phenols is 1. The monoisotopic (exact) mass is 876 g/mol. The summed E-state index contributed by atoms with van der Waals surface area (Å²) in [4.78, 5) is 50.5. The Morgan fingerprint density at radius 1 is 0.984 bits per heavy atom. The molecule has 0 saturated carbocycles. The molecule has 6 N–H and O–H groups in total. The van der Waals surface area contributed by atoms with E-state index in [1.807, 2.05) is 87.4 Å². The summed E-state index contributed by atoms with van der Waals surface area (Å²) >= 11 is 1.58. The van der Waals surface area contributed by atoms with Crippen molar-refractivity contribution in [3.05, 3.63) is 83.8 Å². The van der Waals surface area contributed by atoms with Gasteiger partial charge in [0, 0.05) is 55.4 Å². The van der Waals surface area contributed by atoms with Gasteiger partial charge in [-0.1, -0.05) is 57.2 Å². The third kappa shape index (κ3) is 11.1. The molecule has 7 rings (SSSR count). The third-order valence-corrected chi connectivity index (χ3v) is 13.3. The molecule has 3 aromatic heterocycles. The predicted molar refractivity (Wildman–Crippen MR) is 244 cm³/mol. The summed E-state index contributed by atoms with van der Waals surface area (Å²) in [5, 5.41) is 39.9. The minimum atomic E-state index is -0.873. The molecule has 0 aliphatic carbocycles. The van der Waals surface area contributed by atoms with Crippen molar-refractivity contribution in [3.8, 4) is 38.6 Å². The molecule has 5 heterocycles. The number of benzene rings is 2. The van der Waals surface area contributed by atoms with Gasteiger partial charge in [0.1, 0.15) is 17.8 Å². The summed E-state index contributed by atoms with van der Waals surface area (Å²) < 4.78 is 1.92. The summed E-state index contributed by atoms with van der Waals surface area (Å²) in [5.41, 5.74) is 13.0. The number of carbonyl (C=O) groups excluding carboxylic acids is 3. The van der Waals surface area contributed by atoms with Crippen molar-refractivity contribution >= 4 is 34.9 Å². The van der Waals surface area contributed by atoms with E-state index in [9.17, 15) is 24.6 Å². The lowest BCUT2D eigenvalue weighted by molar-refractivity contribution is -0.144. The number of hydrogen-bond acceptors (Lipinski definition) is 12. The number of piperidine rings is 1. The molecule has 63 heavy (non-hydrogen) atoms. The summed E-state index contributed by atoms with van der Waals surface area (Å²) in [6.07, 6.45) is 7.40. The maximum atomic E-state index is 14.2. The second-order valence-corrected chi connectivity index (χ2v) is 19.0. The second-order valence-electron chi connectivity index (χ2n) is 18.1. The first-order valence-corrected chi connectivity index (χ1v) is 22.8. The Balaban J connectivity index is 0.851. The normalized spacial score (nSPS) is 18.3. The highest BCUT2D eigenvalue weighted by molar-refractivity contribution is 7.13. The summed E-state index contributed by atoms with van der Waals surface area (Å²) in [6.45, 7) is 12.8. The van der Waals surface area contributed by atoms with Crippen LogP contribution in [0.3, 0.4) is 0 Å². The number of aliphatic hydroxyl groups is 1. The minimum Gasteiger partial charge on any atom is -0.507 e. The van der Waals surface area contributed by atoms with Gasteiger partial charge >= 0.3 is 0 Å². The Morgan fingerprint density at radius 2 is 1.73 bits per heavy atom. The van der Waals surface area contributed by atoms with Gasteiger partial charge < -0.3 is 36.4 Å². The lowest BCUT2D eigenvalue weighted by Gasteiger charge is -2.36. The summed E-state index contributed by atoms with van der Waals surface area (Å²) in [5.74, 6) is 0.0845. The maximum absolute atomic E-state index is 14.2. The Morgan fingerprint density at radius 3 is 2.43 bits per heavy atom. The van der Waals surface area contributed by atoms with Gasteiger partial charge in [-0.25, -0.2) is 4.98 Å². The first-order valence-electron chi connectivity index (χ1n) is 21.9. The number of amides is 3. The molecular weight excluding hydrogens is 817 g/mol. The van der Waals surface area contributed by atoms with Crippen molar-refractivity contribution in [3.63, 3.8) is 0 Å². The van der Waals surface area contributed by atoms with Crippen LogP contribution in [-0.2, 0) is 20.9 Å². The number of nitrogens with one attached hydrogen (secondary N) is 2. The fourth-order valence-corrected chi connectivity index (χ4v) is 9.44. The zero-order valence-electron chi connectivity index (χ0n) is 36.8. The van der Waals surface area contributed by atoms with Crippen LogP contribution >= 0.6 is 11.3 Å². The van der Waals surface area contributed by atoms with Crippen molar-refractivity contribution in [2.75, 3.05) is 31.9 Å². The van der Waals surface area contributed by atoms with Crippen LogP contribution in [0.4, 0.5) is 5.82 Å². The summed E-state index contributed by atoms with van der Waals surface area (Å²) in [6, 6.07) is 14.8. The van der Waals surface area contributed by atoms with E-state index in [0.717, 1.165) is 72.6 Å². The number of anilines is 1. The number of rotatable bonds is 15. The van der Waals surface area contributed by atoms with Gasteiger partial charge in [-0.15, -0.1) is 21.5 Å². The number of nitrogens with zero attached hydrogens (tertiary/aromatic N) is 7. The molecule has 5 aromatic rings. The molecule has 334 valence electrons. The van der Waals surface area contributed by atoms with E-state index in [1.54, 1.807) is 35.7 Å². The molecule has 0 bridgehead atoms. The molecule has 2 aliphatic rings. The zero-order valence-corrected chi connectivity index (χ0v) is 37.6. The van der Waals surface area contributed by atoms with E-state index in [4.69, 9.17) is 5.73 Å². The molecule has 0 radical (unpaired) electrons. The Kier molecular flexibility index (Phi) is 14.2. The minimum absolute atomic E-state index is 0.0235. The van der Waals surface area contributed by atoms with Gasteiger partial charge in [0.05, 0.1) is 40.1 Å². The van der Waals surface area contributed by atoms with Crippen LogP contribution < -0.4 is 16.4 Å². The number of hydrogen-bond donors (Lipinski definition) is 5. The molecule has 3 amide bonds. The average molecular weight is 877 g/mol. The Labute approximate surface area is 373 Å². The van der Waals surface area contributed by atoms with Crippen molar-refractivity contribution in [2.24, 2.45) is 11.3 Å².